The number of hydrogen-bond donors (Lipinski definition) is 0. The van der Waals surface area contributed by atoms with Gasteiger partial charge >= 0.3 is 12.1 Å². The number of carbonyl (C=O) groups excluding carboxylic acids is 2. The smallest absolute Gasteiger partial charge is 0.430 e. The summed E-state index contributed by atoms with van der Waals surface area (Å²) in [6, 6.07) is 3.52. The average Bonchev–Trinajstić information content (AvgIpc) is 2.70. The van der Waals surface area contributed by atoms with Gasteiger partial charge in [0.05, 0.1) is 12.8 Å². The molecule has 2 heterocycles. The number of esters is 1. The van der Waals surface area contributed by atoms with Crippen LogP contribution in [0.1, 0.15) is 20.8 Å². The predicted molar refractivity (Wildman–Crippen MR) is 109 cm³/mol. The fourth-order valence-electron chi connectivity index (χ4n) is 2.19. The Labute approximate surface area is 194 Å². The molecule has 0 aromatic carbocycles. The zero-order valence-electron chi connectivity index (χ0n) is 18.8. The number of halogens is 3. The molecule has 0 saturated carbocycles. The van der Waals surface area contributed by atoms with E-state index in [0.717, 1.165) is 16.1 Å². The zero-order valence-corrected chi connectivity index (χ0v) is 19.6. The summed E-state index contributed by atoms with van der Waals surface area (Å²) < 4.78 is 63.3. The quantitative estimate of drug-likeness (QED) is 0.365. The Bertz CT molecular complexity index is 1060. The van der Waals surface area contributed by atoms with Crippen molar-refractivity contribution in [1.29, 1.82) is 0 Å². The van der Waals surface area contributed by atoms with E-state index in [1.165, 1.54) is 0 Å². The fraction of sp³-hybridized carbons (Fsp3) is 0.474. The third kappa shape index (κ3) is 11.1. The van der Waals surface area contributed by atoms with Crippen molar-refractivity contribution in [2.75, 3.05) is 19.3 Å². The lowest BCUT2D eigenvalue weighted by molar-refractivity contribution is -0.752. The molecule has 0 aliphatic heterocycles. The monoisotopic (exact) mass is 507 g/mol. The van der Waals surface area contributed by atoms with Crippen molar-refractivity contribution in [3.8, 4) is 11.4 Å². The molecule has 0 fully saturated rings. The number of nitrogens with zero attached hydrogens (tertiary/aromatic N) is 5. The molecule has 0 bridgehead atoms. The maximum atomic E-state index is 12.0. The van der Waals surface area contributed by atoms with Crippen LogP contribution >= 0.6 is 0 Å². The number of carboxylic acids is 1. The van der Waals surface area contributed by atoms with Crippen molar-refractivity contribution in [3.63, 3.8) is 0 Å². The van der Waals surface area contributed by atoms with Gasteiger partial charge in [-0.15, -0.1) is 0 Å². The first-order valence-corrected chi connectivity index (χ1v) is 11.4. The van der Waals surface area contributed by atoms with Gasteiger partial charge in [-0.3, -0.25) is 4.79 Å². The Hall–Kier alpha value is -3.20. The Morgan fingerprint density at radius 1 is 1.18 bits per heavy atom. The Kier molecular flexibility index (Phi) is 9.99. The van der Waals surface area contributed by atoms with E-state index >= 15 is 0 Å². The van der Waals surface area contributed by atoms with Crippen molar-refractivity contribution in [3.05, 3.63) is 36.9 Å². The first kappa shape index (κ1) is 28.8. The van der Waals surface area contributed by atoms with Gasteiger partial charge in [0.2, 0.25) is 10.0 Å². The average molecular weight is 507 g/mol. The molecule has 0 aliphatic rings. The summed E-state index contributed by atoms with van der Waals surface area (Å²) in [5, 5.41) is 13.0. The van der Waals surface area contributed by atoms with Gasteiger partial charge in [0.1, 0.15) is 24.3 Å². The third-order valence-electron chi connectivity index (χ3n) is 3.60. The molecule has 2 aromatic heterocycles. The largest absolute Gasteiger partial charge is 0.542 e. The van der Waals surface area contributed by atoms with Crippen LogP contribution in [0.2, 0.25) is 0 Å². The molecule has 34 heavy (non-hydrogen) atoms. The van der Waals surface area contributed by atoms with Crippen molar-refractivity contribution in [1.82, 2.24) is 19.4 Å². The van der Waals surface area contributed by atoms with Crippen LogP contribution < -0.4 is 9.79 Å². The van der Waals surface area contributed by atoms with E-state index in [1.54, 1.807) is 62.4 Å². The number of aliphatic carboxylic acids is 1. The minimum Gasteiger partial charge on any atom is -0.542 e. The van der Waals surface area contributed by atoms with Gasteiger partial charge in [-0.05, 0) is 31.9 Å². The Morgan fingerprint density at radius 3 is 2.15 bits per heavy atom. The second-order valence-corrected chi connectivity index (χ2v) is 9.70. The molecule has 15 heteroatoms. The van der Waals surface area contributed by atoms with Crippen molar-refractivity contribution in [2.24, 2.45) is 0 Å². The van der Waals surface area contributed by atoms with E-state index < -0.39 is 33.7 Å². The standard InChI is InChI=1S/C17H24N5O4S.C2HF3O2/c1-17(2,3)26-15(23)13-22(27(4,24)25)11-10-21-9-6-14(12-20-21)16-18-7-5-8-19-16;3-2(4,5)1(6)7/h5-9,12H,10-11,13H2,1-4H3;(H,6,7)/q+1;/p-1. The number of sulfonamides is 1. The van der Waals surface area contributed by atoms with Gasteiger partial charge in [0, 0.05) is 24.0 Å². The number of carbonyl (C=O) groups is 2. The summed E-state index contributed by atoms with van der Waals surface area (Å²) in [5.41, 5.74) is 0.0758. The molecule has 0 N–H and O–H groups in total. The van der Waals surface area contributed by atoms with E-state index in [2.05, 4.69) is 15.1 Å². The zero-order chi connectivity index (χ0) is 26.2. The van der Waals surface area contributed by atoms with Gasteiger partial charge in [0.25, 0.3) is 0 Å². The highest BCUT2D eigenvalue weighted by Gasteiger charge is 2.29. The highest BCUT2D eigenvalue weighted by molar-refractivity contribution is 7.88. The third-order valence-corrected chi connectivity index (χ3v) is 4.85. The Balaban J connectivity index is 0.000000718. The lowest BCUT2D eigenvalue weighted by Crippen LogP contribution is -2.46. The summed E-state index contributed by atoms with van der Waals surface area (Å²) in [6.45, 7) is 5.23. The first-order chi connectivity index (χ1) is 15.5. The predicted octanol–water partition coefficient (Wildman–Crippen LogP) is -0.272. The molecule has 2 rings (SSSR count). The number of hydrogen-bond acceptors (Lipinski definition) is 9. The van der Waals surface area contributed by atoms with Crippen LogP contribution in [0.15, 0.2) is 36.9 Å². The number of rotatable bonds is 7. The van der Waals surface area contributed by atoms with Crippen LogP contribution in [0.4, 0.5) is 13.2 Å². The lowest BCUT2D eigenvalue weighted by atomic mass is 10.2. The van der Waals surface area contributed by atoms with E-state index in [0.29, 0.717) is 5.82 Å². The minimum atomic E-state index is -5.19. The van der Waals surface area contributed by atoms with Crippen LogP contribution in [-0.2, 0) is 30.9 Å². The molecule has 2 aromatic rings. The molecule has 0 aliphatic carbocycles. The van der Waals surface area contributed by atoms with E-state index in [9.17, 15) is 26.4 Å². The van der Waals surface area contributed by atoms with Gasteiger partial charge in [-0.1, -0.05) is 4.68 Å². The summed E-state index contributed by atoms with van der Waals surface area (Å²) >= 11 is 0. The molecule has 0 unspecified atom stereocenters. The lowest BCUT2D eigenvalue weighted by Gasteiger charge is -2.22. The SMILES string of the molecule is CC(C)(C)OC(=O)CN(CC[n+]1ccc(-c2ncccn2)cn1)S(C)(=O)=O.O=C([O-])C(F)(F)F. The van der Waals surface area contributed by atoms with Gasteiger partial charge in [-0.2, -0.15) is 17.5 Å². The highest BCUT2D eigenvalue weighted by atomic mass is 32.2. The molecule has 0 atom stereocenters. The topological polar surface area (TPSA) is 146 Å². The number of ether oxygens (including phenoxy) is 1. The summed E-state index contributed by atoms with van der Waals surface area (Å²) in [7, 11) is -3.57. The van der Waals surface area contributed by atoms with Crippen LogP contribution in [0.3, 0.4) is 0 Å². The molecule has 0 amide bonds. The number of carboxylic acid groups (broad SMARTS) is 1. The number of aromatic nitrogens is 4. The van der Waals surface area contributed by atoms with Gasteiger partial charge in [-0.25, -0.2) is 18.4 Å². The van der Waals surface area contributed by atoms with Crippen molar-refractivity contribution >= 4 is 22.0 Å². The van der Waals surface area contributed by atoms with Gasteiger partial charge < -0.3 is 14.6 Å². The molecule has 188 valence electrons. The fourth-order valence-corrected chi connectivity index (χ4v) is 2.94. The summed E-state index contributed by atoms with van der Waals surface area (Å²) in [4.78, 5) is 29.0. The van der Waals surface area contributed by atoms with Crippen molar-refractivity contribution in [2.45, 2.75) is 39.1 Å². The van der Waals surface area contributed by atoms with Crippen molar-refractivity contribution < 1.29 is 45.7 Å². The second-order valence-electron chi connectivity index (χ2n) is 7.72. The second kappa shape index (κ2) is 11.8. The molecular weight excluding hydrogens is 483 g/mol. The molecule has 0 saturated heterocycles. The van der Waals surface area contributed by atoms with E-state index in [1.807, 2.05) is 0 Å². The van der Waals surface area contributed by atoms with E-state index in [-0.39, 0.29) is 19.6 Å². The molecule has 0 radical (unpaired) electrons. The molecular formula is C19H24F3N5O6S. The van der Waals surface area contributed by atoms with Crippen LogP contribution in [0.5, 0.6) is 0 Å². The first-order valence-electron chi connectivity index (χ1n) is 9.57. The van der Waals surface area contributed by atoms with Gasteiger partial charge in [0.15, 0.2) is 18.6 Å². The normalized spacial score (nSPS) is 12.0. The summed E-state index contributed by atoms with van der Waals surface area (Å²) in [6.07, 6.45) is 2.47. The highest BCUT2D eigenvalue weighted by Crippen LogP contribution is 2.12. The minimum absolute atomic E-state index is 0.0942. The van der Waals surface area contributed by atoms with Crippen LogP contribution in [0.25, 0.3) is 11.4 Å². The van der Waals surface area contributed by atoms with E-state index in [4.69, 9.17) is 14.6 Å². The molecule has 0 spiro atoms. The summed E-state index contributed by atoms with van der Waals surface area (Å²) in [5.74, 6) is -3.05. The van der Waals surface area contributed by atoms with Crippen LogP contribution in [-0.4, -0.2) is 70.9 Å². The van der Waals surface area contributed by atoms with Crippen LogP contribution in [0, 0.1) is 0 Å². The maximum Gasteiger partial charge on any atom is 0.430 e. The Morgan fingerprint density at radius 2 is 1.74 bits per heavy atom. The maximum absolute atomic E-state index is 12.0. The number of alkyl halides is 3. The molecule has 11 nitrogen and oxygen atoms in total.